The summed E-state index contributed by atoms with van der Waals surface area (Å²) >= 11 is 9.29. The van der Waals surface area contributed by atoms with E-state index in [1.54, 1.807) is 0 Å². The van der Waals surface area contributed by atoms with Crippen molar-refractivity contribution in [2.75, 3.05) is 10.2 Å². The van der Waals surface area contributed by atoms with Gasteiger partial charge in [-0.05, 0) is 75.0 Å². The number of aryl methyl sites for hydroxylation is 2. The molecule has 3 aromatic carbocycles. The normalized spacial score (nSPS) is 23.3. The predicted molar refractivity (Wildman–Crippen MR) is 139 cm³/mol. The number of rotatable bonds is 3. The Labute approximate surface area is 207 Å². The van der Waals surface area contributed by atoms with Gasteiger partial charge in [-0.1, -0.05) is 51.8 Å². The van der Waals surface area contributed by atoms with Crippen molar-refractivity contribution >= 4 is 50.5 Å². The van der Waals surface area contributed by atoms with E-state index in [0.29, 0.717) is 5.11 Å². The summed E-state index contributed by atoms with van der Waals surface area (Å²) in [4.78, 5) is 15.8. The number of para-hydroxylation sites is 1. The van der Waals surface area contributed by atoms with Crippen LogP contribution in [-0.2, 0) is 4.79 Å². The number of hydrogen-bond acceptors (Lipinski definition) is 3. The van der Waals surface area contributed by atoms with Crippen LogP contribution in [0.15, 0.2) is 71.2 Å². The average molecular weight is 522 g/mol. The zero-order valence-corrected chi connectivity index (χ0v) is 21.0. The number of amides is 1. The van der Waals surface area contributed by atoms with Crippen LogP contribution in [0.4, 0.5) is 11.4 Å². The number of hydrogen-bond donors (Lipinski definition) is 2. The van der Waals surface area contributed by atoms with Crippen molar-refractivity contribution in [1.29, 1.82) is 0 Å². The van der Waals surface area contributed by atoms with Crippen LogP contribution in [0.25, 0.3) is 0 Å². The molecule has 0 radical (unpaired) electrons. The maximum absolute atomic E-state index is 13.9. The summed E-state index contributed by atoms with van der Waals surface area (Å²) in [7, 11) is 0. The van der Waals surface area contributed by atoms with Gasteiger partial charge in [0, 0.05) is 21.4 Å². The molecule has 7 heteroatoms. The molecule has 33 heavy (non-hydrogen) atoms. The number of nitrogens with zero attached hydrogens (tertiary/aromatic N) is 1. The van der Waals surface area contributed by atoms with Gasteiger partial charge in [-0.3, -0.25) is 9.69 Å². The topological polar surface area (TPSA) is 53.6 Å². The summed E-state index contributed by atoms with van der Waals surface area (Å²) in [6.45, 7) is 5.98. The molecule has 5 rings (SSSR count). The largest absolute Gasteiger partial charge is 0.467 e. The second-order valence-corrected chi connectivity index (χ2v) is 10.0. The Morgan fingerprint density at radius 3 is 2.58 bits per heavy atom. The van der Waals surface area contributed by atoms with Gasteiger partial charge < -0.3 is 15.4 Å². The zero-order valence-electron chi connectivity index (χ0n) is 18.6. The fourth-order valence-electron chi connectivity index (χ4n) is 4.87. The van der Waals surface area contributed by atoms with Gasteiger partial charge in [0.25, 0.3) is 0 Å². The molecule has 0 aliphatic carbocycles. The van der Waals surface area contributed by atoms with Gasteiger partial charge >= 0.3 is 0 Å². The molecule has 2 heterocycles. The molecule has 0 unspecified atom stereocenters. The number of anilines is 2. The highest BCUT2D eigenvalue weighted by Gasteiger charge is 2.59. The molecule has 1 saturated heterocycles. The van der Waals surface area contributed by atoms with Gasteiger partial charge in [-0.2, -0.15) is 0 Å². The number of fused-ring (bicyclic) bond motifs is 4. The monoisotopic (exact) mass is 521 g/mol. The van der Waals surface area contributed by atoms with Crippen molar-refractivity contribution in [3.8, 4) is 5.75 Å². The molecule has 168 valence electrons. The number of thiocarbonyl (C=S) groups is 1. The Bertz CT molecular complexity index is 1260. The van der Waals surface area contributed by atoms with Gasteiger partial charge in [-0.25, -0.2) is 0 Å². The number of ether oxygens (including phenoxy) is 1. The highest BCUT2D eigenvalue weighted by molar-refractivity contribution is 9.10. The summed E-state index contributed by atoms with van der Waals surface area (Å²) in [6.07, 6.45) is 0. The van der Waals surface area contributed by atoms with Crippen LogP contribution in [0.1, 0.15) is 29.7 Å². The number of carbonyl (C=O) groups is 1. The molecular formula is C26H24BrN3O2S. The summed E-state index contributed by atoms with van der Waals surface area (Å²) in [6, 6.07) is 21.4. The Hall–Kier alpha value is -2.90. The molecule has 0 spiro atoms. The van der Waals surface area contributed by atoms with Crippen molar-refractivity contribution in [3.63, 3.8) is 0 Å². The van der Waals surface area contributed by atoms with Crippen LogP contribution < -0.4 is 20.3 Å². The van der Waals surface area contributed by atoms with Gasteiger partial charge in [-0.15, -0.1) is 0 Å². The number of halogens is 1. The molecule has 0 saturated carbocycles. The molecule has 0 aromatic heterocycles. The molecule has 2 N–H and O–H groups in total. The third-order valence-electron chi connectivity index (χ3n) is 6.41. The molecule has 2 bridgehead atoms. The highest BCUT2D eigenvalue weighted by atomic mass is 79.9. The Balaban J connectivity index is 1.61. The first-order valence-corrected chi connectivity index (χ1v) is 12.0. The third-order valence-corrected chi connectivity index (χ3v) is 7.24. The Morgan fingerprint density at radius 1 is 1.12 bits per heavy atom. The van der Waals surface area contributed by atoms with Crippen molar-refractivity contribution < 1.29 is 9.53 Å². The Morgan fingerprint density at radius 2 is 1.85 bits per heavy atom. The number of benzene rings is 3. The van der Waals surface area contributed by atoms with E-state index < -0.39 is 11.6 Å². The highest BCUT2D eigenvalue weighted by Crippen LogP contribution is 2.49. The van der Waals surface area contributed by atoms with E-state index in [4.69, 9.17) is 17.0 Å². The molecule has 1 amide bonds. The lowest BCUT2D eigenvalue weighted by Gasteiger charge is -2.56. The van der Waals surface area contributed by atoms with Crippen LogP contribution in [0, 0.1) is 19.8 Å². The van der Waals surface area contributed by atoms with E-state index in [2.05, 4.69) is 32.6 Å². The van der Waals surface area contributed by atoms with Crippen LogP contribution >= 0.6 is 28.1 Å². The summed E-state index contributed by atoms with van der Waals surface area (Å²) in [5.74, 6) is 0.0576. The first kappa shape index (κ1) is 21.9. The fourth-order valence-corrected chi connectivity index (χ4v) is 5.55. The SMILES string of the molecule is Cc1ccc(NC(=O)[C@@H]2[C@H]3NC(=S)N(c4ccc(Br)cc4)[C@@]2(C)Oc2ccccc23)c(C)c1. The van der Waals surface area contributed by atoms with E-state index in [1.807, 2.05) is 86.3 Å². The van der Waals surface area contributed by atoms with Crippen molar-refractivity contribution in [3.05, 3.63) is 87.9 Å². The minimum Gasteiger partial charge on any atom is -0.467 e. The van der Waals surface area contributed by atoms with E-state index in [1.165, 1.54) is 0 Å². The standard InChI is InChI=1S/C26H24BrN3O2S/c1-15-8-13-20(16(2)14-15)28-24(31)22-23-19-6-4-5-7-21(19)32-26(22,3)30(25(33)29-23)18-11-9-17(27)10-12-18/h4-14,22-23H,1-3H3,(H,28,31)(H,29,33)/t22-,23-,26-/m0/s1. The molecule has 3 aromatic rings. The summed E-state index contributed by atoms with van der Waals surface area (Å²) < 4.78 is 7.57. The zero-order chi connectivity index (χ0) is 23.3. The average Bonchev–Trinajstić information content (AvgIpc) is 2.76. The maximum Gasteiger partial charge on any atom is 0.236 e. The smallest absolute Gasteiger partial charge is 0.236 e. The van der Waals surface area contributed by atoms with E-state index in [-0.39, 0.29) is 11.9 Å². The lowest BCUT2D eigenvalue weighted by molar-refractivity contribution is -0.130. The molecule has 2 aliphatic rings. The molecule has 1 fully saturated rings. The second-order valence-electron chi connectivity index (χ2n) is 8.72. The molecule has 3 atom stereocenters. The molecule has 2 aliphatic heterocycles. The summed E-state index contributed by atoms with van der Waals surface area (Å²) in [5, 5.41) is 7.11. The van der Waals surface area contributed by atoms with E-state index >= 15 is 0 Å². The van der Waals surface area contributed by atoms with Gasteiger partial charge in [0.15, 0.2) is 10.8 Å². The van der Waals surface area contributed by atoms with Crippen molar-refractivity contribution in [2.24, 2.45) is 5.92 Å². The van der Waals surface area contributed by atoms with Gasteiger partial charge in [0.05, 0.1) is 6.04 Å². The van der Waals surface area contributed by atoms with Crippen LogP contribution in [0.5, 0.6) is 5.75 Å². The molecule has 5 nitrogen and oxygen atoms in total. The maximum atomic E-state index is 13.9. The van der Waals surface area contributed by atoms with E-state index in [0.717, 1.165) is 38.3 Å². The van der Waals surface area contributed by atoms with Crippen LogP contribution in [0.2, 0.25) is 0 Å². The lowest BCUT2D eigenvalue weighted by Crippen LogP contribution is -2.72. The van der Waals surface area contributed by atoms with Crippen LogP contribution in [-0.4, -0.2) is 16.7 Å². The van der Waals surface area contributed by atoms with E-state index in [9.17, 15) is 4.79 Å². The Kier molecular flexibility index (Phi) is 5.41. The van der Waals surface area contributed by atoms with Gasteiger partial charge in [0.1, 0.15) is 11.7 Å². The second kappa shape index (κ2) is 8.15. The lowest BCUT2D eigenvalue weighted by atomic mass is 9.78. The first-order chi connectivity index (χ1) is 15.8. The minimum atomic E-state index is -1.03. The number of carbonyl (C=O) groups excluding carboxylic acids is 1. The van der Waals surface area contributed by atoms with Crippen molar-refractivity contribution in [1.82, 2.24) is 5.32 Å². The first-order valence-electron chi connectivity index (χ1n) is 10.8. The van der Waals surface area contributed by atoms with Gasteiger partial charge in [0.2, 0.25) is 5.91 Å². The van der Waals surface area contributed by atoms with Crippen LogP contribution in [0.3, 0.4) is 0 Å². The number of nitrogens with one attached hydrogen (secondary N) is 2. The third kappa shape index (κ3) is 3.69. The predicted octanol–water partition coefficient (Wildman–Crippen LogP) is 5.87. The summed E-state index contributed by atoms with van der Waals surface area (Å²) in [5.41, 5.74) is 3.71. The molecular weight excluding hydrogens is 498 g/mol. The minimum absolute atomic E-state index is 0.124. The van der Waals surface area contributed by atoms with Crippen molar-refractivity contribution in [2.45, 2.75) is 32.5 Å². The quantitative estimate of drug-likeness (QED) is 0.422. The fraction of sp³-hybridized carbons (Fsp3) is 0.231.